The predicted molar refractivity (Wildman–Crippen MR) is 77.7 cm³/mol. The molecule has 20 heavy (non-hydrogen) atoms. The van der Waals surface area contributed by atoms with Gasteiger partial charge in [0.05, 0.1) is 16.4 Å². The first-order valence-electron chi connectivity index (χ1n) is 6.05. The van der Waals surface area contributed by atoms with Crippen LogP contribution in [0.15, 0.2) is 24.4 Å². The molecule has 2 aromatic heterocycles. The maximum absolute atomic E-state index is 14.4. The molecule has 1 aromatic carbocycles. The first kappa shape index (κ1) is 12.9. The lowest BCUT2D eigenvalue weighted by Gasteiger charge is -2.11. The lowest BCUT2D eigenvalue weighted by atomic mass is 10.1. The Morgan fingerprint density at radius 1 is 1.35 bits per heavy atom. The summed E-state index contributed by atoms with van der Waals surface area (Å²) in [6, 6.07) is 4.84. The summed E-state index contributed by atoms with van der Waals surface area (Å²) in [5, 5.41) is 5.49. The average Bonchev–Trinajstić information content (AvgIpc) is 2.67. The Hall–Kier alpha value is -2.14. The van der Waals surface area contributed by atoms with E-state index in [1.807, 2.05) is 0 Å². The number of fused-ring (bicyclic) bond motifs is 1. The fourth-order valence-corrected chi connectivity index (χ4v) is 2.38. The Kier molecular flexibility index (Phi) is 2.87. The molecule has 0 saturated carbocycles. The lowest BCUT2D eigenvalue weighted by molar-refractivity contribution is 0.611. The van der Waals surface area contributed by atoms with E-state index < -0.39 is 5.82 Å². The van der Waals surface area contributed by atoms with E-state index in [4.69, 9.17) is 17.3 Å². The molecule has 4 nitrogen and oxygen atoms in total. The summed E-state index contributed by atoms with van der Waals surface area (Å²) in [5.74, 6) is -0.476. The number of halogens is 2. The number of aryl methyl sites for hydroxylation is 1. The van der Waals surface area contributed by atoms with Crippen LogP contribution in [-0.2, 0) is 0 Å². The first-order valence-corrected chi connectivity index (χ1v) is 6.43. The highest BCUT2D eigenvalue weighted by atomic mass is 35.5. The molecule has 0 radical (unpaired) electrons. The van der Waals surface area contributed by atoms with Gasteiger partial charge in [-0.1, -0.05) is 11.6 Å². The zero-order valence-electron chi connectivity index (χ0n) is 11.0. The summed E-state index contributed by atoms with van der Waals surface area (Å²) in [6.07, 6.45) is 1.60. The molecule has 0 spiro atoms. The van der Waals surface area contributed by atoms with E-state index in [0.717, 1.165) is 0 Å². The van der Waals surface area contributed by atoms with Gasteiger partial charge in [0.1, 0.15) is 11.2 Å². The van der Waals surface area contributed by atoms with Gasteiger partial charge in [0.2, 0.25) is 0 Å². The van der Waals surface area contributed by atoms with Crippen LogP contribution in [-0.4, -0.2) is 14.8 Å². The van der Waals surface area contributed by atoms with E-state index in [2.05, 4.69) is 10.1 Å². The molecule has 2 heterocycles. The Balaban J connectivity index is 2.44. The van der Waals surface area contributed by atoms with Crippen molar-refractivity contribution in [1.82, 2.24) is 14.8 Å². The van der Waals surface area contributed by atoms with E-state index in [-0.39, 0.29) is 5.69 Å². The highest BCUT2D eigenvalue weighted by molar-refractivity contribution is 6.31. The number of nitrogen functional groups attached to an aromatic ring is 1. The van der Waals surface area contributed by atoms with Gasteiger partial charge in [-0.25, -0.2) is 9.07 Å². The van der Waals surface area contributed by atoms with Crippen molar-refractivity contribution in [1.29, 1.82) is 0 Å². The second kappa shape index (κ2) is 4.45. The van der Waals surface area contributed by atoms with Crippen LogP contribution in [0.4, 0.5) is 10.1 Å². The number of pyridine rings is 1. The van der Waals surface area contributed by atoms with Crippen LogP contribution in [0.25, 0.3) is 16.6 Å². The zero-order valence-corrected chi connectivity index (χ0v) is 11.7. The lowest BCUT2D eigenvalue weighted by Crippen LogP contribution is -2.05. The summed E-state index contributed by atoms with van der Waals surface area (Å²) >= 11 is 6.13. The van der Waals surface area contributed by atoms with Gasteiger partial charge in [-0.3, -0.25) is 4.98 Å². The number of aromatic nitrogens is 3. The van der Waals surface area contributed by atoms with Gasteiger partial charge < -0.3 is 5.73 Å². The van der Waals surface area contributed by atoms with Gasteiger partial charge in [0.15, 0.2) is 5.82 Å². The normalized spacial score (nSPS) is 11.2. The predicted octanol–water partition coefficient (Wildman–Crippen LogP) is 3.41. The molecule has 0 atom stereocenters. The van der Waals surface area contributed by atoms with Gasteiger partial charge in [-0.2, -0.15) is 5.10 Å². The second-order valence-electron chi connectivity index (χ2n) is 4.59. The van der Waals surface area contributed by atoms with Crippen LogP contribution in [0.5, 0.6) is 0 Å². The Morgan fingerprint density at radius 3 is 2.75 bits per heavy atom. The molecule has 0 aliphatic rings. The van der Waals surface area contributed by atoms with Crippen molar-refractivity contribution in [2.24, 2.45) is 0 Å². The quantitative estimate of drug-likeness (QED) is 0.699. The standard InChI is InChI=1S/C14H12ClFN4/c1-7-12(15)8(2)20(19-7)14-10(16)6-11(17)9-4-3-5-18-13(9)14/h3-6H,17H2,1-2H3. The summed E-state index contributed by atoms with van der Waals surface area (Å²) < 4.78 is 15.8. The van der Waals surface area contributed by atoms with Gasteiger partial charge >= 0.3 is 0 Å². The van der Waals surface area contributed by atoms with Crippen LogP contribution in [0.1, 0.15) is 11.4 Å². The second-order valence-corrected chi connectivity index (χ2v) is 4.97. The maximum Gasteiger partial charge on any atom is 0.153 e. The molecule has 0 saturated heterocycles. The summed E-state index contributed by atoms with van der Waals surface area (Å²) in [4.78, 5) is 4.24. The third-order valence-corrected chi connectivity index (χ3v) is 3.81. The average molecular weight is 291 g/mol. The molecule has 0 bridgehead atoms. The Bertz CT molecular complexity index is 826. The van der Waals surface area contributed by atoms with Crippen molar-refractivity contribution >= 4 is 28.2 Å². The first-order chi connectivity index (χ1) is 9.50. The molecule has 3 rings (SSSR count). The molecule has 3 aromatic rings. The van der Waals surface area contributed by atoms with E-state index in [0.29, 0.717) is 33.0 Å². The van der Waals surface area contributed by atoms with Gasteiger partial charge in [0, 0.05) is 17.3 Å². The SMILES string of the molecule is Cc1nn(-c2c(F)cc(N)c3cccnc23)c(C)c1Cl. The largest absolute Gasteiger partial charge is 0.398 e. The summed E-state index contributed by atoms with van der Waals surface area (Å²) in [5.41, 5.74) is 8.23. The van der Waals surface area contributed by atoms with E-state index in [9.17, 15) is 4.39 Å². The van der Waals surface area contributed by atoms with Crippen LogP contribution in [0, 0.1) is 19.7 Å². The van der Waals surface area contributed by atoms with Crippen LogP contribution in [0.2, 0.25) is 5.02 Å². The molecule has 6 heteroatoms. The van der Waals surface area contributed by atoms with Crippen LogP contribution < -0.4 is 5.73 Å². The minimum Gasteiger partial charge on any atom is -0.398 e. The molecule has 0 amide bonds. The minimum atomic E-state index is -0.476. The van der Waals surface area contributed by atoms with Crippen molar-refractivity contribution in [2.75, 3.05) is 5.73 Å². The third kappa shape index (κ3) is 1.74. The third-order valence-electron chi connectivity index (χ3n) is 3.27. The number of hydrogen-bond donors (Lipinski definition) is 1. The van der Waals surface area contributed by atoms with Crippen molar-refractivity contribution < 1.29 is 4.39 Å². The van der Waals surface area contributed by atoms with Crippen LogP contribution in [0.3, 0.4) is 0 Å². The van der Waals surface area contributed by atoms with Crippen molar-refractivity contribution in [3.63, 3.8) is 0 Å². The molecular weight excluding hydrogens is 279 g/mol. The minimum absolute atomic E-state index is 0.266. The fraction of sp³-hybridized carbons (Fsp3) is 0.143. The molecular formula is C14H12ClFN4. The summed E-state index contributed by atoms with van der Waals surface area (Å²) in [7, 11) is 0. The fourth-order valence-electron chi connectivity index (χ4n) is 2.27. The van der Waals surface area contributed by atoms with E-state index in [1.54, 1.807) is 32.2 Å². The number of nitrogens with two attached hydrogens (primary N) is 1. The van der Waals surface area contributed by atoms with E-state index in [1.165, 1.54) is 10.7 Å². The van der Waals surface area contributed by atoms with Crippen molar-refractivity contribution in [3.05, 3.63) is 46.6 Å². The number of nitrogens with zero attached hydrogens (tertiary/aromatic N) is 3. The highest BCUT2D eigenvalue weighted by Crippen LogP contribution is 2.31. The van der Waals surface area contributed by atoms with Crippen LogP contribution >= 0.6 is 11.6 Å². The molecule has 2 N–H and O–H groups in total. The number of anilines is 1. The number of rotatable bonds is 1. The summed E-state index contributed by atoms with van der Waals surface area (Å²) in [6.45, 7) is 3.56. The Labute approximate surface area is 120 Å². The van der Waals surface area contributed by atoms with Gasteiger partial charge in [0.25, 0.3) is 0 Å². The topological polar surface area (TPSA) is 56.7 Å². The van der Waals surface area contributed by atoms with Gasteiger partial charge in [-0.15, -0.1) is 0 Å². The molecule has 0 fully saturated rings. The molecule has 0 aliphatic heterocycles. The molecule has 0 aliphatic carbocycles. The molecule has 0 unspecified atom stereocenters. The van der Waals surface area contributed by atoms with Crippen molar-refractivity contribution in [3.8, 4) is 5.69 Å². The monoisotopic (exact) mass is 290 g/mol. The van der Waals surface area contributed by atoms with Crippen molar-refractivity contribution in [2.45, 2.75) is 13.8 Å². The molecule has 102 valence electrons. The smallest absolute Gasteiger partial charge is 0.153 e. The highest BCUT2D eigenvalue weighted by Gasteiger charge is 2.18. The van der Waals surface area contributed by atoms with Gasteiger partial charge in [-0.05, 0) is 32.0 Å². The maximum atomic E-state index is 14.4. The van der Waals surface area contributed by atoms with E-state index >= 15 is 0 Å². The number of benzene rings is 1. The number of hydrogen-bond acceptors (Lipinski definition) is 3. The zero-order chi connectivity index (χ0) is 14.4. The Morgan fingerprint density at radius 2 is 2.10 bits per heavy atom.